The summed E-state index contributed by atoms with van der Waals surface area (Å²) in [7, 11) is -3.69. The predicted octanol–water partition coefficient (Wildman–Crippen LogP) is 4.24. The Balaban J connectivity index is 1.96. The molecule has 1 saturated carbocycles. The number of benzene rings is 2. The lowest BCUT2D eigenvalue weighted by Crippen LogP contribution is -2.30. The molecule has 1 N–H and O–H groups in total. The van der Waals surface area contributed by atoms with E-state index < -0.39 is 15.8 Å². The predicted molar refractivity (Wildman–Crippen MR) is 109 cm³/mol. The maximum Gasteiger partial charge on any atom is 0.243 e. The van der Waals surface area contributed by atoms with Gasteiger partial charge in [0.25, 0.3) is 0 Å². The quantitative estimate of drug-likeness (QED) is 0.693. The third-order valence-corrected chi connectivity index (χ3v) is 7.09. The van der Waals surface area contributed by atoms with E-state index in [1.165, 1.54) is 46.8 Å². The zero-order valence-corrected chi connectivity index (χ0v) is 17.5. The molecule has 29 heavy (non-hydrogen) atoms. The van der Waals surface area contributed by atoms with Gasteiger partial charge in [-0.25, -0.2) is 12.8 Å². The normalized spacial score (nSPS) is 18.5. The van der Waals surface area contributed by atoms with Crippen molar-refractivity contribution in [3.63, 3.8) is 0 Å². The van der Waals surface area contributed by atoms with Gasteiger partial charge in [-0.15, -0.1) is 0 Å². The number of rotatable bonds is 8. The average Bonchev–Trinajstić information content (AvgIpc) is 3.42. The van der Waals surface area contributed by atoms with Crippen molar-refractivity contribution in [2.45, 2.75) is 32.1 Å². The van der Waals surface area contributed by atoms with E-state index in [2.05, 4.69) is 5.32 Å². The summed E-state index contributed by atoms with van der Waals surface area (Å²) in [6.07, 6.45) is 0.803. The first-order chi connectivity index (χ1) is 13.8. The van der Waals surface area contributed by atoms with Crippen molar-refractivity contribution in [2.24, 2.45) is 11.8 Å². The third-order valence-electron chi connectivity index (χ3n) is 5.04. The molecule has 2 aromatic carbocycles. The number of anilines is 1. The number of halogens is 1. The monoisotopic (exact) mass is 420 g/mol. The number of sulfonamides is 1. The van der Waals surface area contributed by atoms with E-state index in [4.69, 9.17) is 4.74 Å². The second-order valence-corrected chi connectivity index (χ2v) is 9.05. The number of nitrogens with one attached hydrogen (secondary N) is 1. The molecule has 2 aromatic rings. The second kappa shape index (κ2) is 8.51. The van der Waals surface area contributed by atoms with Gasteiger partial charge in [0.15, 0.2) is 5.75 Å². The van der Waals surface area contributed by atoms with Crippen LogP contribution >= 0.6 is 0 Å². The summed E-state index contributed by atoms with van der Waals surface area (Å²) in [6, 6.07) is 9.82. The molecule has 0 saturated heterocycles. The van der Waals surface area contributed by atoms with Gasteiger partial charge in [0.05, 0.1) is 10.6 Å². The van der Waals surface area contributed by atoms with Crippen molar-refractivity contribution in [1.82, 2.24) is 4.31 Å². The largest absolute Gasteiger partial charge is 0.455 e. The summed E-state index contributed by atoms with van der Waals surface area (Å²) in [6.45, 7) is 6.21. The van der Waals surface area contributed by atoms with Crippen molar-refractivity contribution >= 4 is 21.6 Å². The Morgan fingerprint density at radius 3 is 2.34 bits per heavy atom. The average molecular weight is 421 g/mol. The van der Waals surface area contributed by atoms with E-state index >= 15 is 0 Å². The molecule has 2 unspecified atom stereocenters. The smallest absolute Gasteiger partial charge is 0.243 e. The Morgan fingerprint density at radius 2 is 1.79 bits per heavy atom. The van der Waals surface area contributed by atoms with Crippen LogP contribution in [0.2, 0.25) is 0 Å². The lowest BCUT2D eigenvalue weighted by molar-refractivity contribution is -0.117. The number of carbonyl (C=O) groups is 1. The molecular weight excluding hydrogens is 395 g/mol. The molecule has 1 aliphatic carbocycles. The number of ether oxygens (including phenoxy) is 1. The first kappa shape index (κ1) is 21.3. The summed E-state index contributed by atoms with van der Waals surface area (Å²) in [5, 5.41) is 2.80. The van der Waals surface area contributed by atoms with E-state index in [9.17, 15) is 17.6 Å². The molecule has 0 bridgehead atoms. The summed E-state index contributed by atoms with van der Waals surface area (Å²) in [5.74, 6) is 0.321. The van der Waals surface area contributed by atoms with E-state index in [1.54, 1.807) is 13.8 Å². The van der Waals surface area contributed by atoms with Gasteiger partial charge in [0, 0.05) is 19.0 Å². The highest BCUT2D eigenvalue weighted by molar-refractivity contribution is 7.89. The fourth-order valence-electron chi connectivity index (χ4n) is 3.11. The summed E-state index contributed by atoms with van der Waals surface area (Å²) < 4.78 is 46.0. The van der Waals surface area contributed by atoms with Crippen LogP contribution in [0, 0.1) is 17.7 Å². The summed E-state index contributed by atoms with van der Waals surface area (Å²) in [4.78, 5) is 12.5. The molecule has 0 radical (unpaired) electrons. The van der Waals surface area contributed by atoms with E-state index in [0.717, 1.165) is 6.42 Å². The van der Waals surface area contributed by atoms with Crippen molar-refractivity contribution in [3.05, 3.63) is 48.3 Å². The van der Waals surface area contributed by atoms with Crippen LogP contribution in [-0.4, -0.2) is 31.7 Å². The van der Waals surface area contributed by atoms with Gasteiger partial charge in [0.1, 0.15) is 11.6 Å². The number of hydrogen-bond donors (Lipinski definition) is 1. The molecule has 3 rings (SSSR count). The minimum Gasteiger partial charge on any atom is -0.455 e. The van der Waals surface area contributed by atoms with Crippen molar-refractivity contribution < 1.29 is 22.3 Å². The highest BCUT2D eigenvalue weighted by atomic mass is 32.2. The Hall–Kier alpha value is -2.45. The van der Waals surface area contributed by atoms with Crippen molar-refractivity contribution in [3.8, 4) is 11.5 Å². The van der Waals surface area contributed by atoms with Crippen LogP contribution in [0.25, 0.3) is 0 Å². The lowest BCUT2D eigenvalue weighted by atomic mass is 10.2. The van der Waals surface area contributed by atoms with Crippen LogP contribution in [0.5, 0.6) is 11.5 Å². The molecule has 0 aromatic heterocycles. The van der Waals surface area contributed by atoms with Crippen LogP contribution in [0.15, 0.2) is 47.4 Å². The number of nitrogens with zero attached hydrogens (tertiary/aromatic N) is 1. The SMILES string of the molecule is CCN(CC)S(=O)(=O)c1ccc(Oc2ccc(F)cc2)c(NC(=O)C2CC2C)c1. The van der Waals surface area contributed by atoms with Crippen LogP contribution < -0.4 is 10.1 Å². The number of carbonyl (C=O) groups excluding carboxylic acids is 1. The van der Waals surface area contributed by atoms with E-state index in [0.29, 0.717) is 24.8 Å². The number of hydrogen-bond acceptors (Lipinski definition) is 4. The van der Waals surface area contributed by atoms with E-state index in [-0.39, 0.29) is 28.2 Å². The molecule has 0 spiro atoms. The Labute approximate surface area is 170 Å². The minimum absolute atomic E-state index is 0.0757. The zero-order valence-electron chi connectivity index (χ0n) is 16.7. The highest BCUT2D eigenvalue weighted by Gasteiger charge is 2.39. The van der Waals surface area contributed by atoms with Crippen LogP contribution in [0.1, 0.15) is 27.2 Å². The van der Waals surface area contributed by atoms with Crippen LogP contribution in [0.3, 0.4) is 0 Å². The lowest BCUT2D eigenvalue weighted by Gasteiger charge is -2.20. The first-order valence-corrected chi connectivity index (χ1v) is 11.1. The van der Waals surface area contributed by atoms with Crippen LogP contribution in [-0.2, 0) is 14.8 Å². The van der Waals surface area contributed by atoms with Gasteiger partial charge in [-0.2, -0.15) is 4.31 Å². The fourth-order valence-corrected chi connectivity index (χ4v) is 4.60. The van der Waals surface area contributed by atoms with Crippen molar-refractivity contribution in [1.29, 1.82) is 0 Å². The van der Waals surface area contributed by atoms with Gasteiger partial charge in [0.2, 0.25) is 15.9 Å². The van der Waals surface area contributed by atoms with Gasteiger partial charge in [-0.05, 0) is 54.8 Å². The molecule has 2 atom stereocenters. The Morgan fingerprint density at radius 1 is 1.17 bits per heavy atom. The molecule has 1 amide bonds. The van der Waals surface area contributed by atoms with Gasteiger partial charge in [-0.3, -0.25) is 4.79 Å². The number of amides is 1. The molecule has 1 aliphatic rings. The topological polar surface area (TPSA) is 75.7 Å². The van der Waals surface area contributed by atoms with Gasteiger partial charge >= 0.3 is 0 Å². The standard InChI is InChI=1S/C21H25FN2O4S/c1-4-24(5-2)29(26,27)17-10-11-20(28-16-8-6-15(22)7-9-16)19(13-17)23-21(25)18-12-14(18)3/h6-11,13-14,18H,4-5,12H2,1-3H3,(H,23,25). The third kappa shape index (κ3) is 4.76. The molecule has 0 heterocycles. The molecular formula is C21H25FN2O4S. The summed E-state index contributed by atoms with van der Waals surface area (Å²) >= 11 is 0. The van der Waals surface area contributed by atoms with Crippen LogP contribution in [0.4, 0.5) is 10.1 Å². The van der Waals surface area contributed by atoms with E-state index in [1.807, 2.05) is 6.92 Å². The molecule has 1 fully saturated rings. The molecule has 156 valence electrons. The van der Waals surface area contributed by atoms with Crippen molar-refractivity contribution in [2.75, 3.05) is 18.4 Å². The summed E-state index contributed by atoms with van der Waals surface area (Å²) in [5.41, 5.74) is 0.270. The maximum atomic E-state index is 13.2. The highest BCUT2D eigenvalue weighted by Crippen LogP contribution is 2.40. The molecule has 0 aliphatic heterocycles. The van der Waals surface area contributed by atoms with Gasteiger partial charge < -0.3 is 10.1 Å². The fraction of sp³-hybridized carbons (Fsp3) is 0.381. The minimum atomic E-state index is -3.69. The Bertz CT molecular complexity index is 988. The molecule has 8 heteroatoms. The zero-order chi connectivity index (χ0) is 21.2. The molecule has 6 nitrogen and oxygen atoms in total. The second-order valence-electron chi connectivity index (χ2n) is 7.11. The van der Waals surface area contributed by atoms with Gasteiger partial charge in [-0.1, -0.05) is 20.8 Å². The Kier molecular flexibility index (Phi) is 6.24. The first-order valence-electron chi connectivity index (χ1n) is 9.64. The maximum absolute atomic E-state index is 13.2.